The highest BCUT2D eigenvalue weighted by Crippen LogP contribution is 2.36. The van der Waals surface area contributed by atoms with Gasteiger partial charge >= 0.3 is 0 Å². The number of fused-ring (bicyclic) bond motifs is 1. The number of nitrogens with one attached hydrogen (secondary N) is 2. The van der Waals surface area contributed by atoms with Gasteiger partial charge in [-0.1, -0.05) is 11.6 Å². The zero-order valence-corrected chi connectivity index (χ0v) is 22.0. The van der Waals surface area contributed by atoms with Crippen molar-refractivity contribution in [2.45, 2.75) is 51.0 Å². The first-order chi connectivity index (χ1) is 18.4. The van der Waals surface area contributed by atoms with E-state index in [1.165, 1.54) is 12.5 Å². The van der Waals surface area contributed by atoms with Gasteiger partial charge in [0.1, 0.15) is 24.0 Å². The first-order valence-electron chi connectivity index (χ1n) is 12.9. The SMILES string of the molecule is Cn1nccc1COc1cc(F)c(Cl)c2c1CN(C[C@@H](O)CNC(=O)c1ccnc(NC3CCC3)c1)CC2. The molecule has 1 aliphatic carbocycles. The number of benzene rings is 1. The van der Waals surface area contributed by atoms with Gasteiger partial charge in [-0.3, -0.25) is 14.4 Å². The maximum Gasteiger partial charge on any atom is 0.251 e. The van der Waals surface area contributed by atoms with Crippen LogP contribution in [-0.4, -0.2) is 62.5 Å². The lowest BCUT2D eigenvalue weighted by Gasteiger charge is -2.32. The summed E-state index contributed by atoms with van der Waals surface area (Å²) in [5.74, 6) is 0.343. The predicted molar refractivity (Wildman–Crippen MR) is 142 cm³/mol. The Morgan fingerprint density at radius 1 is 1.29 bits per heavy atom. The molecule has 3 aromatic rings. The normalized spacial score (nSPS) is 16.4. The molecule has 1 aromatic carbocycles. The minimum Gasteiger partial charge on any atom is -0.487 e. The molecule has 0 radical (unpaired) electrons. The van der Waals surface area contributed by atoms with Gasteiger partial charge in [-0.05, 0) is 49.4 Å². The van der Waals surface area contributed by atoms with Crippen LogP contribution in [0.2, 0.25) is 5.02 Å². The molecule has 3 N–H and O–H groups in total. The number of pyridine rings is 1. The van der Waals surface area contributed by atoms with Gasteiger partial charge in [0.05, 0.1) is 16.8 Å². The molecule has 9 nitrogen and oxygen atoms in total. The summed E-state index contributed by atoms with van der Waals surface area (Å²) >= 11 is 6.29. The fourth-order valence-corrected chi connectivity index (χ4v) is 5.03. The number of halogens is 2. The third-order valence-corrected chi connectivity index (χ3v) is 7.61. The second-order valence-corrected chi connectivity index (χ2v) is 10.3. The molecule has 1 amide bonds. The maximum atomic E-state index is 14.5. The summed E-state index contributed by atoms with van der Waals surface area (Å²) in [5.41, 5.74) is 2.89. The summed E-state index contributed by atoms with van der Waals surface area (Å²) in [6.45, 7) is 1.72. The van der Waals surface area contributed by atoms with Crippen LogP contribution in [0.4, 0.5) is 10.2 Å². The molecule has 0 saturated heterocycles. The van der Waals surface area contributed by atoms with Crippen LogP contribution in [0, 0.1) is 5.82 Å². The van der Waals surface area contributed by atoms with Crippen molar-refractivity contribution in [2.24, 2.45) is 7.05 Å². The number of anilines is 1. The number of aryl methyl sites for hydroxylation is 1. The lowest BCUT2D eigenvalue weighted by atomic mass is 9.93. The van der Waals surface area contributed by atoms with Crippen molar-refractivity contribution in [3.05, 3.63) is 69.9 Å². The van der Waals surface area contributed by atoms with Crippen molar-refractivity contribution >= 4 is 23.3 Å². The molecular weight excluding hydrogens is 511 g/mol. The maximum absolute atomic E-state index is 14.5. The summed E-state index contributed by atoms with van der Waals surface area (Å²) in [5, 5.41) is 21.1. The molecule has 5 rings (SSSR count). The molecule has 1 atom stereocenters. The summed E-state index contributed by atoms with van der Waals surface area (Å²) in [6, 6.07) is 6.97. The number of amides is 1. The van der Waals surface area contributed by atoms with E-state index in [-0.39, 0.29) is 24.1 Å². The minimum atomic E-state index is -0.787. The third-order valence-electron chi connectivity index (χ3n) is 7.20. The van der Waals surface area contributed by atoms with E-state index in [0.29, 0.717) is 49.2 Å². The summed E-state index contributed by atoms with van der Waals surface area (Å²) in [4.78, 5) is 19.0. The van der Waals surface area contributed by atoms with Gasteiger partial charge in [0.15, 0.2) is 0 Å². The van der Waals surface area contributed by atoms with Crippen molar-refractivity contribution in [3.8, 4) is 5.75 Å². The highest BCUT2D eigenvalue weighted by atomic mass is 35.5. The van der Waals surface area contributed by atoms with Crippen LogP contribution in [0.15, 0.2) is 36.7 Å². The highest BCUT2D eigenvalue weighted by molar-refractivity contribution is 6.31. The van der Waals surface area contributed by atoms with Crippen LogP contribution in [-0.2, 0) is 26.6 Å². The zero-order valence-electron chi connectivity index (χ0n) is 21.3. The van der Waals surface area contributed by atoms with E-state index in [1.54, 1.807) is 29.2 Å². The topological polar surface area (TPSA) is 105 Å². The van der Waals surface area contributed by atoms with Crippen LogP contribution in [0.1, 0.15) is 46.4 Å². The molecule has 2 aliphatic rings. The molecule has 202 valence electrons. The van der Waals surface area contributed by atoms with E-state index >= 15 is 0 Å². The van der Waals surface area contributed by atoms with Gasteiger partial charge in [0.2, 0.25) is 0 Å². The van der Waals surface area contributed by atoms with Crippen molar-refractivity contribution in [3.63, 3.8) is 0 Å². The molecular formula is C27H32ClFN6O3. The monoisotopic (exact) mass is 542 g/mol. The van der Waals surface area contributed by atoms with E-state index in [2.05, 4.69) is 25.6 Å². The number of nitrogens with zero attached hydrogens (tertiary/aromatic N) is 4. The van der Waals surface area contributed by atoms with Crippen LogP contribution >= 0.6 is 11.6 Å². The summed E-state index contributed by atoms with van der Waals surface area (Å²) in [7, 11) is 1.82. The van der Waals surface area contributed by atoms with Crippen molar-refractivity contribution in [2.75, 3.05) is 25.0 Å². The molecule has 1 aliphatic heterocycles. The lowest BCUT2D eigenvalue weighted by Crippen LogP contribution is -2.42. The number of rotatable bonds is 10. The second kappa shape index (κ2) is 11.7. The van der Waals surface area contributed by atoms with E-state index in [1.807, 2.05) is 13.1 Å². The number of carbonyl (C=O) groups excluding carboxylic acids is 1. The number of aliphatic hydroxyl groups excluding tert-OH is 1. The average Bonchev–Trinajstić information content (AvgIpc) is 3.30. The Bertz CT molecular complexity index is 1300. The fourth-order valence-electron chi connectivity index (χ4n) is 4.76. The highest BCUT2D eigenvalue weighted by Gasteiger charge is 2.26. The fraction of sp³-hybridized carbons (Fsp3) is 0.444. The Labute approximate surface area is 226 Å². The number of hydrogen-bond acceptors (Lipinski definition) is 7. The zero-order chi connectivity index (χ0) is 26.6. The van der Waals surface area contributed by atoms with E-state index in [4.69, 9.17) is 16.3 Å². The Morgan fingerprint density at radius 2 is 2.13 bits per heavy atom. The Morgan fingerprint density at radius 3 is 2.87 bits per heavy atom. The summed E-state index contributed by atoms with van der Waals surface area (Å²) < 4.78 is 22.2. The first-order valence-corrected chi connectivity index (χ1v) is 13.3. The van der Waals surface area contributed by atoms with Gasteiger partial charge in [-0.25, -0.2) is 9.37 Å². The standard InChI is InChI=1S/C27H32ClFN6O3/c1-34-19(6-9-32-34)16-38-24-12-23(29)26(28)21-7-10-35(15-22(21)24)14-20(36)13-31-27(37)17-5-8-30-25(11-17)33-18-3-2-4-18/h5-6,8-9,11-12,18,20,36H,2-4,7,10,13-16H2,1H3,(H,30,33)(H,31,37)/t20-/m0/s1. The molecule has 0 spiro atoms. The predicted octanol–water partition coefficient (Wildman–Crippen LogP) is 3.30. The van der Waals surface area contributed by atoms with Crippen LogP contribution in [0.25, 0.3) is 0 Å². The number of carbonyl (C=O) groups is 1. The largest absolute Gasteiger partial charge is 0.487 e. The van der Waals surface area contributed by atoms with Gasteiger partial charge < -0.3 is 20.5 Å². The van der Waals surface area contributed by atoms with E-state index in [9.17, 15) is 14.3 Å². The molecule has 3 heterocycles. The van der Waals surface area contributed by atoms with Crippen molar-refractivity contribution in [1.82, 2.24) is 25.0 Å². The second-order valence-electron chi connectivity index (χ2n) is 9.91. The Kier molecular flexibility index (Phi) is 8.11. The third kappa shape index (κ3) is 6.09. The van der Waals surface area contributed by atoms with E-state index in [0.717, 1.165) is 29.7 Å². The number of aliphatic hydroxyl groups is 1. The number of β-amino-alcohol motifs (C(OH)–C–C–N with tert-alkyl or cyclic N) is 1. The molecule has 0 unspecified atom stereocenters. The molecule has 1 fully saturated rings. The minimum absolute atomic E-state index is 0.101. The Hall–Kier alpha value is -3.21. The molecule has 2 aromatic heterocycles. The number of hydrogen-bond donors (Lipinski definition) is 3. The van der Waals surface area contributed by atoms with Crippen LogP contribution in [0.3, 0.4) is 0 Å². The van der Waals surface area contributed by atoms with E-state index < -0.39 is 11.9 Å². The van der Waals surface area contributed by atoms with Crippen LogP contribution in [0.5, 0.6) is 5.75 Å². The van der Waals surface area contributed by atoms with Crippen molar-refractivity contribution < 1.29 is 19.0 Å². The first kappa shape index (κ1) is 26.4. The number of aromatic nitrogens is 3. The van der Waals surface area contributed by atoms with Crippen molar-refractivity contribution in [1.29, 1.82) is 0 Å². The van der Waals surface area contributed by atoms with Gasteiger partial charge in [-0.2, -0.15) is 5.10 Å². The summed E-state index contributed by atoms with van der Waals surface area (Å²) in [6.07, 6.45) is 6.47. The average molecular weight is 543 g/mol. The molecule has 38 heavy (non-hydrogen) atoms. The van der Waals surface area contributed by atoms with Crippen LogP contribution < -0.4 is 15.4 Å². The Balaban J connectivity index is 1.17. The van der Waals surface area contributed by atoms with Gasteiger partial charge in [0.25, 0.3) is 5.91 Å². The van der Waals surface area contributed by atoms with Gasteiger partial charge in [0, 0.05) is 68.9 Å². The quantitative estimate of drug-likeness (QED) is 0.361. The molecule has 11 heteroatoms. The smallest absolute Gasteiger partial charge is 0.251 e. The molecule has 0 bridgehead atoms. The lowest BCUT2D eigenvalue weighted by molar-refractivity contribution is 0.0839. The van der Waals surface area contributed by atoms with Gasteiger partial charge in [-0.15, -0.1) is 0 Å². The molecule has 1 saturated carbocycles. The number of ether oxygens (including phenoxy) is 1.